The summed E-state index contributed by atoms with van der Waals surface area (Å²) in [6, 6.07) is 15.8. The predicted molar refractivity (Wildman–Crippen MR) is 121 cm³/mol. The monoisotopic (exact) mass is 413 g/mol. The molecule has 2 aromatic carbocycles. The summed E-state index contributed by atoms with van der Waals surface area (Å²) >= 11 is 0. The van der Waals surface area contributed by atoms with Gasteiger partial charge in [-0.15, -0.1) is 0 Å². The van der Waals surface area contributed by atoms with E-state index in [0.717, 1.165) is 29.1 Å². The Morgan fingerprint density at radius 3 is 2.74 bits per heavy atom. The predicted octanol–water partition coefficient (Wildman–Crippen LogP) is 4.95. The van der Waals surface area contributed by atoms with E-state index in [2.05, 4.69) is 33.8 Å². The number of nitrogens with one attached hydrogen (secondary N) is 2. The summed E-state index contributed by atoms with van der Waals surface area (Å²) in [6.45, 7) is 1.44. The lowest BCUT2D eigenvalue weighted by Crippen LogP contribution is -2.07. The number of aromatic nitrogens is 3. The van der Waals surface area contributed by atoms with Crippen molar-refractivity contribution in [2.75, 3.05) is 10.6 Å². The second kappa shape index (κ2) is 7.75. The minimum Gasteiger partial charge on any atom is -0.457 e. The molecular formula is C24H23N5O2. The zero-order valence-corrected chi connectivity index (χ0v) is 17.5. The fraction of sp³-hybridized carbons (Fsp3) is 0.208. The third-order valence-electron chi connectivity index (χ3n) is 5.48. The molecular weight excluding hydrogens is 390 g/mol. The van der Waals surface area contributed by atoms with Crippen LogP contribution >= 0.6 is 0 Å². The number of ether oxygens (including phenoxy) is 1. The zero-order chi connectivity index (χ0) is 21.4. The number of hydrogen-bond acceptors (Lipinski definition) is 5. The van der Waals surface area contributed by atoms with Crippen LogP contribution in [0.3, 0.4) is 0 Å². The first kappa shape index (κ1) is 19.1. The summed E-state index contributed by atoms with van der Waals surface area (Å²) in [4.78, 5) is 20.1. The first-order valence-electron chi connectivity index (χ1n) is 10.3. The Balaban J connectivity index is 1.39. The summed E-state index contributed by atoms with van der Waals surface area (Å²) < 4.78 is 8.00. The van der Waals surface area contributed by atoms with Crippen LogP contribution in [0.1, 0.15) is 24.5 Å². The molecule has 1 amide bonds. The Labute approximate surface area is 180 Å². The van der Waals surface area contributed by atoms with Crippen LogP contribution in [-0.2, 0) is 24.7 Å². The molecule has 0 radical (unpaired) electrons. The Hall–Kier alpha value is -3.87. The first-order valence-corrected chi connectivity index (χ1v) is 10.3. The van der Waals surface area contributed by atoms with Crippen LogP contribution in [0.4, 0.5) is 17.5 Å². The number of carbonyl (C=O) groups is 1. The second-order valence-corrected chi connectivity index (χ2v) is 7.77. The number of nitrogens with zero attached hydrogens (tertiary/aromatic N) is 3. The number of benzene rings is 2. The van der Waals surface area contributed by atoms with Gasteiger partial charge in [-0.25, -0.2) is 9.97 Å². The van der Waals surface area contributed by atoms with E-state index in [1.807, 2.05) is 29.8 Å². The highest BCUT2D eigenvalue weighted by Gasteiger charge is 2.13. The molecule has 31 heavy (non-hydrogen) atoms. The maximum absolute atomic E-state index is 11.2. The van der Waals surface area contributed by atoms with E-state index in [4.69, 9.17) is 9.72 Å². The highest BCUT2D eigenvalue weighted by atomic mass is 16.5. The number of fused-ring (bicyclic) bond motifs is 2. The number of imidazole rings is 1. The molecule has 1 aliphatic carbocycles. The molecule has 2 heterocycles. The van der Waals surface area contributed by atoms with Crippen molar-refractivity contribution in [3.63, 3.8) is 0 Å². The Bertz CT molecular complexity index is 1290. The third-order valence-corrected chi connectivity index (χ3v) is 5.48. The van der Waals surface area contributed by atoms with Gasteiger partial charge < -0.3 is 19.9 Å². The summed E-state index contributed by atoms with van der Waals surface area (Å²) in [7, 11) is 1.99. The van der Waals surface area contributed by atoms with Crippen molar-refractivity contribution in [3.8, 4) is 11.5 Å². The number of rotatable bonds is 5. The molecule has 0 spiro atoms. The number of hydrogen-bond donors (Lipinski definition) is 2. The molecule has 2 N–H and O–H groups in total. The molecule has 0 atom stereocenters. The molecule has 0 fully saturated rings. The molecule has 7 nitrogen and oxygen atoms in total. The van der Waals surface area contributed by atoms with Crippen LogP contribution < -0.4 is 15.4 Å². The Morgan fingerprint density at radius 2 is 1.87 bits per heavy atom. The number of amides is 1. The summed E-state index contributed by atoms with van der Waals surface area (Å²) in [5.74, 6) is 2.30. The van der Waals surface area contributed by atoms with Crippen molar-refractivity contribution >= 4 is 34.4 Å². The summed E-state index contributed by atoms with van der Waals surface area (Å²) in [5.41, 5.74) is 5.77. The number of carbonyl (C=O) groups excluding carboxylic acids is 1. The van der Waals surface area contributed by atoms with Gasteiger partial charge in [-0.1, -0.05) is 6.07 Å². The van der Waals surface area contributed by atoms with Gasteiger partial charge in [-0.05, 0) is 60.7 Å². The van der Waals surface area contributed by atoms with Crippen LogP contribution in [-0.4, -0.2) is 20.4 Å². The van der Waals surface area contributed by atoms with Gasteiger partial charge in [0.1, 0.15) is 17.3 Å². The lowest BCUT2D eigenvalue weighted by atomic mass is 10.1. The van der Waals surface area contributed by atoms with Crippen LogP contribution in [0.15, 0.2) is 54.7 Å². The largest absolute Gasteiger partial charge is 0.457 e. The van der Waals surface area contributed by atoms with Crippen molar-refractivity contribution in [1.82, 2.24) is 14.5 Å². The molecule has 0 aliphatic heterocycles. The minimum atomic E-state index is -0.178. The van der Waals surface area contributed by atoms with E-state index < -0.39 is 0 Å². The van der Waals surface area contributed by atoms with Gasteiger partial charge >= 0.3 is 0 Å². The van der Waals surface area contributed by atoms with Crippen molar-refractivity contribution in [3.05, 3.63) is 65.9 Å². The van der Waals surface area contributed by atoms with Gasteiger partial charge in [0.2, 0.25) is 11.9 Å². The average Bonchev–Trinajstić information content (AvgIpc) is 3.32. The first-order chi connectivity index (χ1) is 15.0. The highest BCUT2D eigenvalue weighted by molar-refractivity contribution is 5.87. The summed E-state index contributed by atoms with van der Waals surface area (Å²) in [6.07, 6.45) is 5.15. The van der Waals surface area contributed by atoms with Crippen LogP contribution in [0.5, 0.6) is 11.5 Å². The van der Waals surface area contributed by atoms with Gasteiger partial charge in [-0.3, -0.25) is 4.79 Å². The molecule has 4 aromatic rings. The standard InChI is InChI=1S/C24H23N5O2/c1-15(30)26-23-14-20(10-11-25-23)31-19-8-9-22-21(13-19)28-24(29(22)2)27-18-7-6-16-4-3-5-17(16)12-18/h6-14H,3-5H2,1-2H3,(H,27,28)(H,25,26,30). The second-order valence-electron chi connectivity index (χ2n) is 7.77. The maximum Gasteiger partial charge on any atom is 0.222 e. The van der Waals surface area contributed by atoms with Gasteiger partial charge in [0.15, 0.2) is 0 Å². The van der Waals surface area contributed by atoms with E-state index in [1.165, 1.54) is 30.9 Å². The molecule has 0 unspecified atom stereocenters. The third kappa shape index (κ3) is 3.94. The van der Waals surface area contributed by atoms with Crippen LogP contribution in [0.2, 0.25) is 0 Å². The lowest BCUT2D eigenvalue weighted by Gasteiger charge is -2.08. The summed E-state index contributed by atoms with van der Waals surface area (Å²) in [5, 5.41) is 6.10. The van der Waals surface area contributed by atoms with Gasteiger partial charge in [0, 0.05) is 38.0 Å². The number of pyridine rings is 1. The van der Waals surface area contributed by atoms with Gasteiger partial charge in [0.05, 0.1) is 11.0 Å². The van der Waals surface area contributed by atoms with Crippen molar-refractivity contribution < 1.29 is 9.53 Å². The normalized spacial score (nSPS) is 12.6. The quantitative estimate of drug-likeness (QED) is 0.484. The lowest BCUT2D eigenvalue weighted by molar-refractivity contribution is -0.114. The highest BCUT2D eigenvalue weighted by Crippen LogP contribution is 2.30. The fourth-order valence-corrected chi connectivity index (χ4v) is 3.99. The fourth-order valence-electron chi connectivity index (χ4n) is 3.99. The molecule has 1 aliphatic rings. The number of anilines is 3. The Morgan fingerprint density at radius 1 is 1.03 bits per heavy atom. The van der Waals surface area contributed by atoms with E-state index in [0.29, 0.717) is 17.3 Å². The van der Waals surface area contributed by atoms with Crippen LogP contribution in [0.25, 0.3) is 11.0 Å². The Kier molecular flexibility index (Phi) is 4.78. The van der Waals surface area contributed by atoms with E-state index >= 15 is 0 Å². The van der Waals surface area contributed by atoms with E-state index in [9.17, 15) is 4.79 Å². The average molecular weight is 413 g/mol. The molecule has 0 saturated carbocycles. The van der Waals surface area contributed by atoms with Crippen LogP contribution in [0, 0.1) is 0 Å². The van der Waals surface area contributed by atoms with Gasteiger partial charge in [-0.2, -0.15) is 0 Å². The smallest absolute Gasteiger partial charge is 0.222 e. The molecule has 0 bridgehead atoms. The zero-order valence-electron chi connectivity index (χ0n) is 17.5. The maximum atomic E-state index is 11.2. The molecule has 156 valence electrons. The molecule has 2 aromatic heterocycles. The van der Waals surface area contributed by atoms with Crippen molar-refractivity contribution in [2.24, 2.45) is 7.05 Å². The SMILES string of the molecule is CC(=O)Nc1cc(Oc2ccc3c(c2)nc(Nc2ccc4c(c2)CCC4)n3C)ccn1. The molecule has 5 rings (SSSR count). The topological polar surface area (TPSA) is 81.1 Å². The van der Waals surface area contributed by atoms with E-state index in [1.54, 1.807) is 18.3 Å². The molecule has 7 heteroatoms. The molecule has 0 saturated heterocycles. The van der Waals surface area contributed by atoms with E-state index in [-0.39, 0.29) is 5.91 Å². The van der Waals surface area contributed by atoms with Crippen molar-refractivity contribution in [2.45, 2.75) is 26.2 Å². The number of aryl methyl sites for hydroxylation is 3. The minimum absolute atomic E-state index is 0.178. The van der Waals surface area contributed by atoms with Gasteiger partial charge in [0.25, 0.3) is 0 Å². The van der Waals surface area contributed by atoms with Crippen molar-refractivity contribution in [1.29, 1.82) is 0 Å².